The highest BCUT2D eigenvalue weighted by Crippen LogP contribution is 2.07. The maximum atomic E-state index is 11.6. The van der Waals surface area contributed by atoms with Crippen LogP contribution in [0.1, 0.15) is 27.2 Å². The summed E-state index contributed by atoms with van der Waals surface area (Å²) in [6.07, 6.45) is 0.581. The minimum atomic E-state index is -3.61. The number of nitrogens with one attached hydrogen (secondary N) is 2. The standard InChI is InChI=1S/C12H24N2O6S/c1-4-9(3)11(12(16)17)14-10(15)8-13-21(18,19)7-6-20-5-2/h9,11,13H,4-8H2,1-3H3,(H,14,15)(H,16,17)/t9-,11-/m0/s1. The SMILES string of the molecule is CCOCCS(=O)(=O)NCC(=O)N[C@H](C(=O)O)[C@@H](C)CC. The molecule has 21 heavy (non-hydrogen) atoms. The van der Waals surface area contributed by atoms with E-state index in [0.717, 1.165) is 0 Å². The van der Waals surface area contributed by atoms with Crippen LogP contribution >= 0.6 is 0 Å². The first kappa shape index (κ1) is 19.8. The first-order valence-electron chi connectivity index (χ1n) is 6.80. The van der Waals surface area contributed by atoms with E-state index < -0.39 is 34.5 Å². The van der Waals surface area contributed by atoms with Gasteiger partial charge in [0.15, 0.2) is 0 Å². The molecule has 0 rings (SSSR count). The molecule has 0 heterocycles. The van der Waals surface area contributed by atoms with E-state index in [4.69, 9.17) is 9.84 Å². The summed E-state index contributed by atoms with van der Waals surface area (Å²) >= 11 is 0. The van der Waals surface area contributed by atoms with Crippen molar-refractivity contribution in [3.63, 3.8) is 0 Å². The second kappa shape index (κ2) is 9.69. The Morgan fingerprint density at radius 3 is 2.38 bits per heavy atom. The van der Waals surface area contributed by atoms with Gasteiger partial charge in [0.2, 0.25) is 15.9 Å². The van der Waals surface area contributed by atoms with Gasteiger partial charge in [0.25, 0.3) is 0 Å². The van der Waals surface area contributed by atoms with E-state index in [1.165, 1.54) is 0 Å². The van der Waals surface area contributed by atoms with Crippen LogP contribution < -0.4 is 10.0 Å². The van der Waals surface area contributed by atoms with Gasteiger partial charge in [-0.05, 0) is 12.8 Å². The minimum Gasteiger partial charge on any atom is -0.480 e. The van der Waals surface area contributed by atoms with Gasteiger partial charge in [-0.1, -0.05) is 20.3 Å². The Morgan fingerprint density at radius 1 is 1.29 bits per heavy atom. The second-order valence-corrected chi connectivity index (χ2v) is 6.53. The van der Waals surface area contributed by atoms with E-state index in [0.29, 0.717) is 13.0 Å². The lowest BCUT2D eigenvalue weighted by Gasteiger charge is -2.20. The number of carbonyl (C=O) groups is 2. The van der Waals surface area contributed by atoms with Gasteiger partial charge in [-0.2, -0.15) is 0 Å². The molecule has 0 aliphatic heterocycles. The van der Waals surface area contributed by atoms with Crippen LogP contribution in [-0.4, -0.2) is 57.0 Å². The molecule has 0 saturated heterocycles. The molecule has 0 unspecified atom stereocenters. The van der Waals surface area contributed by atoms with Crippen molar-refractivity contribution in [1.29, 1.82) is 0 Å². The maximum absolute atomic E-state index is 11.6. The predicted molar refractivity (Wildman–Crippen MR) is 77.3 cm³/mol. The topological polar surface area (TPSA) is 122 Å². The van der Waals surface area contributed by atoms with Gasteiger partial charge in [0.1, 0.15) is 6.04 Å². The summed E-state index contributed by atoms with van der Waals surface area (Å²) in [6, 6.07) is -1.03. The van der Waals surface area contributed by atoms with E-state index in [9.17, 15) is 18.0 Å². The molecule has 0 aromatic rings. The third-order valence-electron chi connectivity index (χ3n) is 2.95. The van der Waals surface area contributed by atoms with E-state index in [1.807, 2.05) is 6.92 Å². The van der Waals surface area contributed by atoms with E-state index in [-0.39, 0.29) is 18.3 Å². The number of amides is 1. The highest BCUT2D eigenvalue weighted by molar-refractivity contribution is 7.89. The summed E-state index contributed by atoms with van der Waals surface area (Å²) in [5, 5.41) is 11.3. The van der Waals surface area contributed by atoms with Crippen LogP contribution in [0.5, 0.6) is 0 Å². The fraction of sp³-hybridized carbons (Fsp3) is 0.833. The van der Waals surface area contributed by atoms with Gasteiger partial charge in [0.05, 0.1) is 18.9 Å². The largest absolute Gasteiger partial charge is 0.480 e. The molecule has 0 fully saturated rings. The van der Waals surface area contributed by atoms with Crippen LogP contribution in [0, 0.1) is 5.92 Å². The molecule has 0 bridgehead atoms. The summed E-state index contributed by atoms with van der Waals surface area (Å²) in [7, 11) is -3.61. The molecule has 2 atom stereocenters. The molecule has 8 nitrogen and oxygen atoms in total. The molecule has 0 aliphatic carbocycles. The molecule has 0 radical (unpaired) electrons. The first-order valence-corrected chi connectivity index (χ1v) is 8.46. The monoisotopic (exact) mass is 324 g/mol. The minimum absolute atomic E-state index is 0.0398. The lowest BCUT2D eigenvalue weighted by molar-refractivity contribution is -0.143. The lowest BCUT2D eigenvalue weighted by atomic mass is 9.99. The number of hydrogen-bond acceptors (Lipinski definition) is 5. The molecular weight excluding hydrogens is 300 g/mol. The average Bonchev–Trinajstić information content (AvgIpc) is 2.41. The number of carbonyl (C=O) groups excluding carboxylic acids is 1. The van der Waals surface area contributed by atoms with Gasteiger partial charge in [-0.15, -0.1) is 0 Å². The summed E-state index contributed by atoms with van der Waals surface area (Å²) in [5.41, 5.74) is 0. The molecule has 0 spiro atoms. The number of aliphatic carboxylic acids is 1. The van der Waals surface area contributed by atoms with Crippen LogP contribution in [0.15, 0.2) is 0 Å². The zero-order valence-electron chi connectivity index (χ0n) is 12.6. The number of ether oxygens (including phenoxy) is 1. The van der Waals surface area contributed by atoms with E-state index in [2.05, 4.69) is 10.0 Å². The molecule has 0 aromatic carbocycles. The zero-order chi connectivity index (χ0) is 16.5. The van der Waals surface area contributed by atoms with Crippen molar-refractivity contribution >= 4 is 21.9 Å². The Balaban J connectivity index is 4.33. The molecule has 3 N–H and O–H groups in total. The highest BCUT2D eigenvalue weighted by atomic mass is 32.2. The first-order chi connectivity index (χ1) is 9.73. The Labute approximate surface area is 125 Å². The predicted octanol–water partition coefficient (Wildman–Crippen LogP) is -0.442. The number of rotatable bonds is 11. The quantitative estimate of drug-likeness (QED) is 0.443. The van der Waals surface area contributed by atoms with Crippen LogP contribution in [0.4, 0.5) is 0 Å². The number of sulfonamides is 1. The number of carboxylic acid groups (broad SMARTS) is 1. The van der Waals surface area contributed by atoms with Gasteiger partial charge >= 0.3 is 5.97 Å². The van der Waals surface area contributed by atoms with Gasteiger partial charge < -0.3 is 15.2 Å². The van der Waals surface area contributed by atoms with Crippen LogP contribution in [0.2, 0.25) is 0 Å². The highest BCUT2D eigenvalue weighted by Gasteiger charge is 2.25. The number of hydrogen-bond donors (Lipinski definition) is 3. The van der Waals surface area contributed by atoms with Crippen molar-refractivity contribution in [3.8, 4) is 0 Å². The van der Waals surface area contributed by atoms with Crippen molar-refractivity contribution in [2.45, 2.75) is 33.2 Å². The molecule has 0 aromatic heterocycles. The third kappa shape index (κ3) is 8.64. The lowest BCUT2D eigenvalue weighted by Crippen LogP contribution is -2.48. The van der Waals surface area contributed by atoms with E-state index >= 15 is 0 Å². The smallest absolute Gasteiger partial charge is 0.326 e. The van der Waals surface area contributed by atoms with Crippen molar-refractivity contribution in [2.75, 3.05) is 25.5 Å². The molecule has 124 valence electrons. The summed E-state index contributed by atoms with van der Waals surface area (Å²) in [6.45, 7) is 5.21. The average molecular weight is 324 g/mol. The Hall–Kier alpha value is -1.19. The molecule has 0 aliphatic rings. The van der Waals surface area contributed by atoms with E-state index in [1.54, 1.807) is 13.8 Å². The van der Waals surface area contributed by atoms with Crippen molar-refractivity contribution in [3.05, 3.63) is 0 Å². The van der Waals surface area contributed by atoms with Crippen molar-refractivity contribution in [2.24, 2.45) is 5.92 Å². The van der Waals surface area contributed by atoms with Gasteiger partial charge in [0, 0.05) is 6.61 Å². The molecular formula is C12H24N2O6S. The normalized spacial score (nSPS) is 14.4. The number of carboxylic acids is 1. The summed E-state index contributed by atoms with van der Waals surface area (Å²) in [4.78, 5) is 22.7. The second-order valence-electron chi connectivity index (χ2n) is 4.61. The Morgan fingerprint density at radius 2 is 1.90 bits per heavy atom. The van der Waals surface area contributed by atoms with Crippen molar-refractivity contribution in [1.82, 2.24) is 10.0 Å². The van der Waals surface area contributed by atoms with Crippen LogP contribution in [0.3, 0.4) is 0 Å². The van der Waals surface area contributed by atoms with Crippen LogP contribution in [-0.2, 0) is 24.3 Å². The van der Waals surface area contributed by atoms with Gasteiger partial charge in [-0.25, -0.2) is 17.9 Å². The fourth-order valence-corrected chi connectivity index (χ4v) is 2.30. The fourth-order valence-electron chi connectivity index (χ4n) is 1.47. The molecule has 0 saturated carbocycles. The Kier molecular flexibility index (Phi) is 9.14. The van der Waals surface area contributed by atoms with Crippen molar-refractivity contribution < 1.29 is 27.9 Å². The third-order valence-corrected chi connectivity index (χ3v) is 4.24. The van der Waals surface area contributed by atoms with Gasteiger partial charge in [-0.3, -0.25) is 4.79 Å². The summed E-state index contributed by atoms with van der Waals surface area (Å²) in [5.74, 6) is -2.32. The maximum Gasteiger partial charge on any atom is 0.326 e. The molecule has 9 heteroatoms. The van der Waals surface area contributed by atoms with Crippen LogP contribution in [0.25, 0.3) is 0 Å². The zero-order valence-corrected chi connectivity index (χ0v) is 13.4. The summed E-state index contributed by atoms with van der Waals surface area (Å²) < 4.78 is 30.1. The molecule has 1 amide bonds. The Bertz CT molecular complexity index is 437.